The molecule has 96 valence electrons. The van der Waals surface area contributed by atoms with Gasteiger partial charge in [-0.05, 0) is 48.4 Å². The summed E-state index contributed by atoms with van der Waals surface area (Å²) in [5, 5.41) is 1.65. The minimum Gasteiger partial charge on any atom is -0.459 e. The van der Waals surface area contributed by atoms with Crippen molar-refractivity contribution in [1.82, 2.24) is 4.98 Å². The van der Waals surface area contributed by atoms with Crippen LogP contribution in [0.4, 0.5) is 0 Å². The number of halogens is 1. The maximum Gasteiger partial charge on any atom is 0.134 e. The van der Waals surface area contributed by atoms with Gasteiger partial charge < -0.3 is 10.2 Å². The molecule has 0 radical (unpaired) electrons. The van der Waals surface area contributed by atoms with Gasteiger partial charge in [-0.3, -0.25) is 4.98 Å². The molecule has 0 spiro atoms. The fourth-order valence-electron chi connectivity index (χ4n) is 2.17. The number of benzene rings is 1. The molecule has 2 aromatic heterocycles. The highest BCUT2D eigenvalue weighted by molar-refractivity contribution is 6.31. The van der Waals surface area contributed by atoms with E-state index in [0.29, 0.717) is 5.02 Å². The number of rotatable bonds is 2. The number of aryl methyl sites for hydroxylation is 1. The second-order valence-corrected chi connectivity index (χ2v) is 4.98. The zero-order chi connectivity index (χ0) is 13.4. The molecule has 2 N–H and O–H groups in total. The Morgan fingerprint density at radius 2 is 2.11 bits per heavy atom. The van der Waals surface area contributed by atoms with Gasteiger partial charge in [-0.2, -0.15) is 0 Å². The van der Waals surface area contributed by atoms with Crippen LogP contribution in [0.15, 0.2) is 47.1 Å². The average molecular weight is 273 g/mol. The normalized spacial score (nSPS) is 12.8. The third-order valence-corrected chi connectivity index (χ3v) is 3.44. The molecule has 0 amide bonds. The molecule has 3 aromatic rings. The highest BCUT2D eigenvalue weighted by atomic mass is 35.5. The van der Waals surface area contributed by atoms with Crippen LogP contribution in [0, 0.1) is 6.92 Å². The first-order valence-corrected chi connectivity index (χ1v) is 6.38. The first kappa shape index (κ1) is 12.2. The molecular formula is C15H13ClN2O. The summed E-state index contributed by atoms with van der Waals surface area (Å²) in [4.78, 5) is 4.07. The number of nitrogens with zero attached hydrogens (tertiary/aromatic N) is 1. The number of furan rings is 1. The van der Waals surface area contributed by atoms with Crippen LogP contribution in [0.3, 0.4) is 0 Å². The van der Waals surface area contributed by atoms with Gasteiger partial charge in [-0.15, -0.1) is 0 Å². The van der Waals surface area contributed by atoms with E-state index >= 15 is 0 Å². The second kappa shape index (κ2) is 4.68. The van der Waals surface area contributed by atoms with Gasteiger partial charge in [0.15, 0.2) is 0 Å². The van der Waals surface area contributed by atoms with Crippen LogP contribution in [0.1, 0.15) is 22.9 Å². The van der Waals surface area contributed by atoms with Gasteiger partial charge in [0.2, 0.25) is 0 Å². The van der Waals surface area contributed by atoms with Crippen LogP contribution in [0.5, 0.6) is 0 Å². The molecule has 3 rings (SSSR count). The summed E-state index contributed by atoms with van der Waals surface area (Å²) in [5.41, 5.74) is 9.12. The highest BCUT2D eigenvalue weighted by Gasteiger charge is 2.16. The second-order valence-electron chi connectivity index (χ2n) is 4.54. The summed E-state index contributed by atoms with van der Waals surface area (Å²) in [6, 6.07) is 9.09. The molecule has 0 saturated carbocycles. The molecule has 19 heavy (non-hydrogen) atoms. The van der Waals surface area contributed by atoms with Gasteiger partial charge in [0, 0.05) is 22.8 Å². The lowest BCUT2D eigenvalue weighted by atomic mass is 10.0. The number of pyridine rings is 1. The van der Waals surface area contributed by atoms with E-state index in [9.17, 15) is 0 Å². The monoisotopic (exact) mass is 272 g/mol. The topological polar surface area (TPSA) is 52.0 Å². The van der Waals surface area contributed by atoms with E-state index in [1.54, 1.807) is 18.5 Å². The van der Waals surface area contributed by atoms with E-state index < -0.39 is 0 Å². The number of hydrogen-bond acceptors (Lipinski definition) is 3. The lowest BCUT2D eigenvalue weighted by molar-refractivity contribution is 0.524. The van der Waals surface area contributed by atoms with Crippen molar-refractivity contribution in [3.8, 4) is 0 Å². The quantitative estimate of drug-likeness (QED) is 0.771. The maximum absolute atomic E-state index is 6.26. The van der Waals surface area contributed by atoms with E-state index in [1.807, 2.05) is 31.2 Å². The smallest absolute Gasteiger partial charge is 0.134 e. The maximum atomic E-state index is 6.26. The van der Waals surface area contributed by atoms with Crippen molar-refractivity contribution < 1.29 is 4.42 Å². The molecule has 0 aliphatic carbocycles. The zero-order valence-electron chi connectivity index (χ0n) is 10.4. The van der Waals surface area contributed by atoms with Crippen molar-refractivity contribution >= 4 is 22.6 Å². The van der Waals surface area contributed by atoms with Gasteiger partial charge in [0.05, 0.1) is 6.04 Å². The summed E-state index contributed by atoms with van der Waals surface area (Å²) in [5.74, 6) is 0.728. The van der Waals surface area contributed by atoms with Crippen LogP contribution in [0.2, 0.25) is 5.02 Å². The number of nitrogens with two attached hydrogens (primary N) is 1. The summed E-state index contributed by atoms with van der Waals surface area (Å²) < 4.78 is 5.79. The van der Waals surface area contributed by atoms with E-state index in [1.165, 1.54) is 0 Å². The van der Waals surface area contributed by atoms with Crippen LogP contribution >= 0.6 is 11.6 Å². The molecule has 1 aromatic carbocycles. The molecule has 2 heterocycles. The Kier molecular flexibility index (Phi) is 3.01. The van der Waals surface area contributed by atoms with Gasteiger partial charge in [0.1, 0.15) is 11.3 Å². The Morgan fingerprint density at radius 3 is 2.89 bits per heavy atom. The largest absolute Gasteiger partial charge is 0.459 e. The Morgan fingerprint density at radius 1 is 1.26 bits per heavy atom. The minimum atomic E-state index is -0.297. The lowest BCUT2D eigenvalue weighted by Gasteiger charge is -2.11. The predicted octanol–water partition coefficient (Wildman–Crippen LogP) is 3.84. The van der Waals surface area contributed by atoms with E-state index in [2.05, 4.69) is 4.98 Å². The lowest BCUT2D eigenvalue weighted by Crippen LogP contribution is -2.12. The molecule has 0 fully saturated rings. The molecule has 0 aliphatic heterocycles. The molecule has 3 nitrogen and oxygen atoms in total. The van der Waals surface area contributed by atoms with E-state index in [4.69, 9.17) is 21.8 Å². The molecule has 0 bridgehead atoms. The van der Waals surface area contributed by atoms with Crippen molar-refractivity contribution in [3.63, 3.8) is 0 Å². The van der Waals surface area contributed by atoms with Gasteiger partial charge in [0.25, 0.3) is 0 Å². The predicted molar refractivity (Wildman–Crippen MR) is 76.2 cm³/mol. The zero-order valence-corrected chi connectivity index (χ0v) is 11.2. The summed E-state index contributed by atoms with van der Waals surface area (Å²) in [7, 11) is 0. The third-order valence-electron chi connectivity index (χ3n) is 3.20. The Labute approximate surface area is 116 Å². The van der Waals surface area contributed by atoms with Crippen molar-refractivity contribution in [2.24, 2.45) is 5.73 Å². The van der Waals surface area contributed by atoms with Crippen LogP contribution in [-0.4, -0.2) is 4.98 Å². The molecular weight excluding hydrogens is 260 g/mol. The third kappa shape index (κ3) is 2.23. The first-order valence-electron chi connectivity index (χ1n) is 6.00. The fourth-order valence-corrected chi connectivity index (χ4v) is 2.35. The van der Waals surface area contributed by atoms with Crippen molar-refractivity contribution in [3.05, 3.63) is 64.6 Å². The number of hydrogen-bond donors (Lipinski definition) is 1. The summed E-state index contributed by atoms with van der Waals surface area (Å²) in [6.45, 7) is 1.99. The van der Waals surface area contributed by atoms with Crippen molar-refractivity contribution in [2.75, 3.05) is 0 Å². The molecule has 1 unspecified atom stereocenters. The van der Waals surface area contributed by atoms with Gasteiger partial charge in [-0.25, -0.2) is 0 Å². The van der Waals surface area contributed by atoms with Crippen LogP contribution in [0.25, 0.3) is 11.0 Å². The minimum absolute atomic E-state index is 0.297. The number of aromatic nitrogens is 1. The molecule has 0 aliphatic rings. The Balaban J connectivity index is 2.07. The number of fused-ring (bicyclic) bond motifs is 1. The van der Waals surface area contributed by atoms with Crippen molar-refractivity contribution in [1.29, 1.82) is 0 Å². The fraction of sp³-hybridized carbons (Fsp3) is 0.133. The Hall–Kier alpha value is -1.84. The molecule has 4 heteroatoms. The van der Waals surface area contributed by atoms with Crippen molar-refractivity contribution in [2.45, 2.75) is 13.0 Å². The van der Waals surface area contributed by atoms with Crippen LogP contribution < -0.4 is 5.73 Å². The van der Waals surface area contributed by atoms with E-state index in [-0.39, 0.29) is 6.04 Å². The SMILES string of the molecule is Cc1cnccc1C(N)c1cc2cc(Cl)ccc2o1. The average Bonchev–Trinajstić information content (AvgIpc) is 2.81. The highest BCUT2D eigenvalue weighted by Crippen LogP contribution is 2.29. The molecule has 0 saturated heterocycles. The molecule has 1 atom stereocenters. The first-order chi connectivity index (χ1) is 9.15. The Bertz CT molecular complexity index is 736. The van der Waals surface area contributed by atoms with Gasteiger partial charge >= 0.3 is 0 Å². The van der Waals surface area contributed by atoms with E-state index in [0.717, 1.165) is 27.9 Å². The summed E-state index contributed by atoms with van der Waals surface area (Å²) >= 11 is 5.97. The van der Waals surface area contributed by atoms with Gasteiger partial charge in [-0.1, -0.05) is 11.6 Å². The van der Waals surface area contributed by atoms with Crippen LogP contribution in [-0.2, 0) is 0 Å². The standard InChI is InChI=1S/C15H13ClN2O/c1-9-8-18-5-4-12(9)15(17)14-7-10-6-11(16)2-3-13(10)19-14/h2-8,15H,17H2,1H3. The summed E-state index contributed by atoms with van der Waals surface area (Å²) in [6.07, 6.45) is 3.54.